The van der Waals surface area contributed by atoms with Crippen molar-refractivity contribution in [1.29, 1.82) is 0 Å². The van der Waals surface area contributed by atoms with Gasteiger partial charge in [0.25, 0.3) is 0 Å². The Morgan fingerprint density at radius 2 is 0.753 bits per heavy atom. The van der Waals surface area contributed by atoms with Gasteiger partial charge in [-0.15, -0.1) is 0 Å². The normalized spacial score (nSPS) is 11.5. The van der Waals surface area contributed by atoms with E-state index in [9.17, 15) is 14.4 Å². The van der Waals surface area contributed by atoms with E-state index in [2.05, 4.69) is 166 Å². The van der Waals surface area contributed by atoms with Gasteiger partial charge in [-0.05, 0) is 90.6 Å². The topological polar surface area (TPSA) is 105 Å². The molecule has 0 aliphatic heterocycles. The Morgan fingerprint density at radius 1 is 0.479 bits per heavy atom. The number of ether oxygens (including phenoxy) is 2. The maximum absolute atomic E-state index is 10.9. The van der Waals surface area contributed by atoms with Crippen LogP contribution in [-0.2, 0) is 28.7 Å². The maximum Gasteiger partial charge on any atom is 0.208 e. The summed E-state index contributed by atoms with van der Waals surface area (Å²) in [4.78, 5) is 39.2. The fourth-order valence-corrected chi connectivity index (χ4v) is 6.84. The molecular weight excluding hydrogens is 929 g/mol. The summed E-state index contributed by atoms with van der Waals surface area (Å²) >= 11 is 5.10. The molecule has 0 aliphatic carbocycles. The van der Waals surface area contributed by atoms with Crippen molar-refractivity contribution < 1.29 is 38.6 Å². The first kappa shape index (κ1) is 88.0. The molecule has 0 saturated carbocycles. The summed E-state index contributed by atoms with van der Waals surface area (Å²) in [5.41, 5.74) is 1.08. The van der Waals surface area contributed by atoms with E-state index in [-0.39, 0.29) is 41.3 Å². The third-order valence-corrected chi connectivity index (χ3v) is 13.6. The van der Waals surface area contributed by atoms with Crippen LogP contribution in [0.2, 0.25) is 0 Å². The molecule has 0 fully saturated rings. The van der Waals surface area contributed by atoms with Gasteiger partial charge in [0.2, 0.25) is 17.3 Å². The van der Waals surface area contributed by atoms with Crippen LogP contribution in [0.5, 0.6) is 0 Å². The van der Waals surface area contributed by atoms with E-state index in [1.807, 2.05) is 53.7 Å². The Kier molecular flexibility index (Phi) is 58.8. The number of Topliss-reactive ketones (excluding diaryl/α,β-unsaturated/α-hetero) is 3. The van der Waals surface area contributed by atoms with Crippen LogP contribution in [0.15, 0.2) is 0 Å². The Morgan fingerprint density at radius 3 is 0.795 bits per heavy atom. The molecule has 0 saturated heterocycles. The smallest absolute Gasteiger partial charge is 0.208 e. The second-order valence-corrected chi connectivity index (χ2v) is 25.7. The van der Waals surface area contributed by atoms with E-state index in [4.69, 9.17) is 31.7 Å². The highest BCUT2D eigenvalue weighted by Crippen LogP contribution is 2.29. The fraction of sp³-hybridized carbons (Fsp3) is 0.921. The number of methoxy groups -OCH3 is 2. The average Bonchev–Trinajstić information content (AvgIpc) is 3.23. The van der Waals surface area contributed by atoms with Gasteiger partial charge in [-0.1, -0.05) is 220 Å². The van der Waals surface area contributed by atoms with Crippen molar-refractivity contribution in [1.82, 2.24) is 5.06 Å². The van der Waals surface area contributed by atoms with Gasteiger partial charge in [0.15, 0.2) is 12.8 Å². The second kappa shape index (κ2) is 48.8. The van der Waals surface area contributed by atoms with Gasteiger partial charge >= 0.3 is 0 Å². The highest BCUT2D eigenvalue weighted by Gasteiger charge is 2.34. The van der Waals surface area contributed by atoms with Crippen molar-refractivity contribution in [3.63, 3.8) is 0 Å². The third-order valence-electron chi connectivity index (χ3n) is 12.7. The number of nitrogens with zero attached hydrogens (tertiary/aromatic N) is 2. The van der Waals surface area contributed by atoms with Crippen LogP contribution < -0.4 is 0 Å². The van der Waals surface area contributed by atoms with Crippen molar-refractivity contribution in [2.75, 3.05) is 28.3 Å². The highest BCUT2D eigenvalue weighted by atomic mass is 32.1. The average molecular weight is 1060 g/mol. The van der Waals surface area contributed by atoms with Crippen molar-refractivity contribution in [3.8, 4) is 0 Å². The molecule has 0 aromatic carbocycles. The molecule has 0 aromatic rings. The number of carbonyl (C=O) groups is 3. The number of ketones is 3. The fourth-order valence-electron chi connectivity index (χ4n) is 6.84. The Bertz CT molecular complexity index is 1240. The maximum atomic E-state index is 10.9. The molecule has 0 radical (unpaired) electrons. The molecule has 0 rings (SSSR count). The molecule has 10 heteroatoms. The first-order valence-electron chi connectivity index (χ1n) is 28.6. The lowest BCUT2D eigenvalue weighted by atomic mass is 9.88. The molecule has 444 valence electrons. The Labute approximate surface area is 464 Å². The minimum absolute atomic E-state index is 0.157. The molecule has 0 atom stereocenters. The van der Waals surface area contributed by atoms with Crippen LogP contribution >= 0.6 is 12.2 Å². The zero-order chi connectivity index (χ0) is 60.8. The van der Waals surface area contributed by atoms with Crippen LogP contribution in [0.3, 0.4) is 0 Å². The van der Waals surface area contributed by atoms with Crippen LogP contribution in [0.25, 0.3) is 0 Å². The van der Waals surface area contributed by atoms with Gasteiger partial charge in [-0.2, -0.15) is 5.06 Å². The van der Waals surface area contributed by atoms with Crippen LogP contribution in [0.4, 0.5) is 0 Å². The summed E-state index contributed by atoms with van der Waals surface area (Å²) in [5, 5.41) is 11.0. The van der Waals surface area contributed by atoms with Crippen molar-refractivity contribution in [2.24, 2.45) is 94.7 Å². The lowest BCUT2D eigenvalue weighted by molar-refractivity contribution is -0.757. The summed E-state index contributed by atoms with van der Waals surface area (Å²) in [6, 6.07) is 0.465. The summed E-state index contributed by atoms with van der Waals surface area (Å²) < 4.78 is 12.1. The zero-order valence-corrected chi connectivity index (χ0v) is 57.1. The monoisotopic (exact) mass is 1060 g/mol. The van der Waals surface area contributed by atoms with Gasteiger partial charge < -0.3 is 9.47 Å². The molecule has 9 nitrogen and oxygen atoms in total. The lowest BCUT2D eigenvalue weighted by Gasteiger charge is -2.36. The first-order chi connectivity index (χ1) is 32.7. The molecule has 0 aromatic heterocycles. The highest BCUT2D eigenvalue weighted by molar-refractivity contribution is 7.80. The molecule has 0 spiro atoms. The van der Waals surface area contributed by atoms with Crippen molar-refractivity contribution >= 4 is 40.1 Å². The van der Waals surface area contributed by atoms with Crippen molar-refractivity contribution in [2.45, 2.75) is 260 Å². The molecule has 0 bridgehead atoms. The van der Waals surface area contributed by atoms with Gasteiger partial charge in [0.05, 0.1) is 6.10 Å². The van der Waals surface area contributed by atoms with Gasteiger partial charge in [-0.25, -0.2) is 0 Å². The largest absolute Gasteiger partial charge is 0.353 e. The Hall–Kier alpha value is -1.59. The van der Waals surface area contributed by atoms with Crippen LogP contribution in [0, 0.1) is 94.7 Å². The van der Waals surface area contributed by atoms with E-state index in [1.54, 1.807) is 49.0 Å². The van der Waals surface area contributed by atoms with E-state index < -0.39 is 5.79 Å². The molecule has 0 aliphatic rings. The molecule has 1 N–H and O–H groups in total. The van der Waals surface area contributed by atoms with Crippen LogP contribution in [0.1, 0.15) is 242 Å². The van der Waals surface area contributed by atoms with E-state index in [0.29, 0.717) is 47.3 Å². The van der Waals surface area contributed by atoms with E-state index in [1.165, 1.54) is 9.60 Å². The number of hydrogen-bond acceptors (Lipinski definition) is 9. The summed E-state index contributed by atoms with van der Waals surface area (Å²) in [6.07, 6.45) is 1.23. The quantitative estimate of drug-likeness (QED) is 0.0229. The van der Waals surface area contributed by atoms with Gasteiger partial charge in [0, 0.05) is 75.2 Å². The summed E-state index contributed by atoms with van der Waals surface area (Å²) in [6.45, 7) is 71.3. The zero-order valence-electron chi connectivity index (χ0n) is 56.3. The molecular formula is C63H135N2O7S+. The minimum Gasteiger partial charge on any atom is -0.353 e. The summed E-state index contributed by atoms with van der Waals surface area (Å²) in [7, 11) is 7.05. The third kappa shape index (κ3) is 52.3. The molecule has 0 amide bonds. The number of thiocarbonyl (C=S) groups is 1. The predicted octanol–water partition coefficient (Wildman–Crippen LogP) is 18.0. The van der Waals surface area contributed by atoms with E-state index >= 15 is 0 Å². The number of hydrogen-bond donors (Lipinski definition) is 1. The van der Waals surface area contributed by atoms with E-state index in [0.717, 1.165) is 47.6 Å². The van der Waals surface area contributed by atoms with Crippen LogP contribution in [-0.4, -0.2) is 89.2 Å². The molecule has 0 heterocycles. The SMILES string of the molecule is CC(C)C(=O)C(=O)C(C)C.CC(C)C(=O)C(C)C.CC(C)C(=S)C(C)C.CC(C)C(C(C)C)=[N+](C)O.CC(C)C(C)C(C)C.CC(C)C(C)C(C)C.CC(C)ON(C)C(C)C.COC(CC(C)C)(OC)C(C)C. The van der Waals surface area contributed by atoms with Gasteiger partial charge in [0.1, 0.15) is 5.78 Å². The number of rotatable bonds is 21. The summed E-state index contributed by atoms with van der Waals surface area (Å²) in [5.74, 6) is 7.63. The first-order valence-corrected chi connectivity index (χ1v) is 29.0. The lowest BCUT2D eigenvalue weighted by Crippen LogP contribution is -2.40. The predicted molar refractivity (Wildman–Crippen MR) is 327 cm³/mol. The second-order valence-electron chi connectivity index (χ2n) is 25.2. The minimum atomic E-state index is -0.395. The molecule has 0 unspecified atom stereocenters. The standard InChI is InChI=1S/C10H22O2.C8H18NO.C8H14O2.2C8H18.C7H17NO.C7H14O.C7H14S/c1-8(2)7-10(11-5,12-6)9(3)4;1-6(2)8(7(3)4)9(5)10;1-5(2)7(9)8(10)6(3)4;2*1-6(2)8(5)7(3)4;1-6(2)8(5)9-7(3)4;2*1-5(2)7(8)6(3)4/h8-9H,7H2,1-6H3;6-7,10H,1-5H3;5-6H,1-4H3;2*6-8H,1-5H3;6-7H,1-5H3;2*5-6H,1-4H3/q;+1;;;;;;. The molecule has 73 heavy (non-hydrogen) atoms. The number of hydroxylamine groups is 3. The Balaban J connectivity index is -0.000000111. The van der Waals surface area contributed by atoms with Crippen molar-refractivity contribution in [3.05, 3.63) is 0 Å². The number of carbonyl (C=O) groups excluding carboxylic acids is 3. The van der Waals surface area contributed by atoms with Gasteiger partial charge in [-0.3, -0.25) is 24.4 Å².